The van der Waals surface area contributed by atoms with Crippen molar-refractivity contribution >= 4 is 28.1 Å². The van der Waals surface area contributed by atoms with Gasteiger partial charge in [0.2, 0.25) is 0 Å². The third-order valence-electron chi connectivity index (χ3n) is 4.38. The molecule has 23 heavy (non-hydrogen) atoms. The molecule has 2 aromatic heterocycles. The van der Waals surface area contributed by atoms with Crippen LogP contribution >= 0.6 is 11.3 Å². The van der Waals surface area contributed by atoms with E-state index >= 15 is 0 Å². The van der Waals surface area contributed by atoms with E-state index in [2.05, 4.69) is 27.4 Å². The second-order valence-electron chi connectivity index (χ2n) is 5.92. The largest absolute Gasteiger partial charge is 0.351 e. The number of amides is 1. The normalized spacial score (nSPS) is 16.1. The number of rotatable bonds is 3. The first-order valence-electron chi connectivity index (χ1n) is 7.91. The Bertz CT molecular complexity index is 768. The van der Waals surface area contributed by atoms with E-state index in [1.54, 1.807) is 11.3 Å². The van der Waals surface area contributed by atoms with Gasteiger partial charge in [0.15, 0.2) is 0 Å². The predicted octanol–water partition coefficient (Wildman–Crippen LogP) is 3.19. The zero-order valence-electron chi connectivity index (χ0n) is 12.9. The number of benzene rings is 1. The summed E-state index contributed by atoms with van der Waals surface area (Å²) in [5, 5.41) is 3.21. The highest BCUT2D eigenvalue weighted by molar-refractivity contribution is 7.09. The van der Waals surface area contributed by atoms with Gasteiger partial charge in [-0.05, 0) is 23.6 Å². The Labute approximate surface area is 139 Å². The van der Waals surface area contributed by atoms with Crippen molar-refractivity contribution in [3.05, 3.63) is 58.4 Å². The lowest BCUT2D eigenvalue weighted by atomic mass is 10.2. The minimum Gasteiger partial charge on any atom is -0.351 e. The maximum Gasteiger partial charge on any atom is 0.270 e. The third-order valence-corrected chi connectivity index (χ3v) is 5.24. The van der Waals surface area contributed by atoms with E-state index in [9.17, 15) is 4.79 Å². The number of hydrogen-bond acceptors (Lipinski definition) is 3. The van der Waals surface area contributed by atoms with E-state index in [1.165, 1.54) is 4.88 Å². The van der Waals surface area contributed by atoms with Crippen molar-refractivity contribution in [1.82, 2.24) is 14.8 Å². The van der Waals surface area contributed by atoms with Gasteiger partial charge in [-0.3, -0.25) is 9.69 Å². The Kier molecular flexibility index (Phi) is 3.89. The molecule has 1 aliphatic heterocycles. The highest BCUT2D eigenvalue weighted by atomic mass is 32.1. The first-order chi connectivity index (χ1) is 11.3. The lowest BCUT2D eigenvalue weighted by molar-refractivity contribution is 0.0625. The number of para-hydroxylation sites is 1. The number of piperazine rings is 1. The van der Waals surface area contributed by atoms with Crippen LogP contribution in [0, 0.1) is 0 Å². The quantitative estimate of drug-likeness (QED) is 0.803. The smallest absolute Gasteiger partial charge is 0.270 e. The maximum absolute atomic E-state index is 12.7. The van der Waals surface area contributed by atoms with Crippen molar-refractivity contribution in [2.45, 2.75) is 6.54 Å². The first-order valence-corrected chi connectivity index (χ1v) is 8.79. The van der Waals surface area contributed by atoms with E-state index in [0.29, 0.717) is 5.69 Å². The summed E-state index contributed by atoms with van der Waals surface area (Å²) in [6, 6.07) is 14.2. The fraction of sp³-hybridized carbons (Fsp3) is 0.278. The molecule has 1 aliphatic rings. The molecule has 0 radical (unpaired) electrons. The van der Waals surface area contributed by atoms with Crippen LogP contribution in [0.5, 0.6) is 0 Å². The van der Waals surface area contributed by atoms with Crippen LogP contribution in [0.3, 0.4) is 0 Å². The summed E-state index contributed by atoms with van der Waals surface area (Å²) in [6.45, 7) is 4.44. The standard InChI is InChI=1S/C18H19N3OS/c22-18(17-12-14-4-1-2-6-16(14)19-17)21-9-7-20(8-10-21)13-15-5-3-11-23-15/h1-6,11-12,19H,7-10,13H2. The van der Waals surface area contributed by atoms with Crippen LogP contribution in [0.2, 0.25) is 0 Å². The molecule has 1 N–H and O–H groups in total. The summed E-state index contributed by atoms with van der Waals surface area (Å²) in [6.07, 6.45) is 0. The molecule has 4 rings (SSSR count). The maximum atomic E-state index is 12.7. The lowest BCUT2D eigenvalue weighted by Crippen LogP contribution is -2.48. The van der Waals surface area contributed by atoms with E-state index in [0.717, 1.165) is 43.6 Å². The number of hydrogen-bond donors (Lipinski definition) is 1. The number of carbonyl (C=O) groups is 1. The van der Waals surface area contributed by atoms with Gasteiger partial charge in [-0.15, -0.1) is 11.3 Å². The van der Waals surface area contributed by atoms with Crippen LogP contribution in [0.15, 0.2) is 47.8 Å². The van der Waals surface area contributed by atoms with Crippen LogP contribution in [0.25, 0.3) is 10.9 Å². The van der Waals surface area contributed by atoms with Gasteiger partial charge in [0.25, 0.3) is 5.91 Å². The number of thiophene rings is 1. The molecule has 1 aromatic carbocycles. The van der Waals surface area contributed by atoms with Gasteiger partial charge >= 0.3 is 0 Å². The van der Waals surface area contributed by atoms with E-state index in [4.69, 9.17) is 0 Å². The molecule has 0 aliphatic carbocycles. The molecule has 0 saturated carbocycles. The molecule has 0 unspecified atom stereocenters. The molecule has 0 atom stereocenters. The molecular formula is C18H19N3OS. The Balaban J connectivity index is 1.40. The zero-order valence-corrected chi connectivity index (χ0v) is 13.7. The van der Waals surface area contributed by atoms with Gasteiger partial charge in [-0.2, -0.15) is 0 Å². The van der Waals surface area contributed by atoms with E-state index < -0.39 is 0 Å². The second kappa shape index (κ2) is 6.18. The molecule has 4 nitrogen and oxygen atoms in total. The van der Waals surface area contributed by atoms with Gasteiger partial charge in [-0.25, -0.2) is 0 Å². The van der Waals surface area contributed by atoms with Gasteiger partial charge in [0.1, 0.15) is 5.69 Å². The number of nitrogens with one attached hydrogen (secondary N) is 1. The molecule has 118 valence electrons. The minimum absolute atomic E-state index is 0.108. The Morgan fingerprint density at radius 1 is 1.09 bits per heavy atom. The molecule has 0 bridgehead atoms. The summed E-state index contributed by atoms with van der Waals surface area (Å²) in [5.74, 6) is 0.108. The van der Waals surface area contributed by atoms with Crippen LogP contribution in [-0.4, -0.2) is 46.9 Å². The van der Waals surface area contributed by atoms with Gasteiger partial charge in [0, 0.05) is 48.5 Å². The number of H-pyrrole nitrogens is 1. The van der Waals surface area contributed by atoms with Crippen molar-refractivity contribution in [3.8, 4) is 0 Å². The predicted molar refractivity (Wildman–Crippen MR) is 93.8 cm³/mol. The topological polar surface area (TPSA) is 39.3 Å². The first kappa shape index (κ1) is 14.5. The number of aromatic nitrogens is 1. The zero-order chi connectivity index (χ0) is 15.6. The van der Waals surface area contributed by atoms with Gasteiger partial charge in [-0.1, -0.05) is 24.3 Å². The second-order valence-corrected chi connectivity index (χ2v) is 6.95. The Morgan fingerprint density at radius 3 is 2.65 bits per heavy atom. The van der Waals surface area contributed by atoms with Crippen LogP contribution in [0.1, 0.15) is 15.4 Å². The molecule has 3 heterocycles. The minimum atomic E-state index is 0.108. The fourth-order valence-corrected chi connectivity index (χ4v) is 3.84. The van der Waals surface area contributed by atoms with Crippen LogP contribution < -0.4 is 0 Å². The molecule has 3 aromatic rings. The molecule has 1 amide bonds. The summed E-state index contributed by atoms with van der Waals surface area (Å²) in [7, 11) is 0. The van der Waals surface area contributed by atoms with Crippen molar-refractivity contribution < 1.29 is 4.79 Å². The molecular weight excluding hydrogens is 306 g/mol. The van der Waals surface area contributed by atoms with Crippen molar-refractivity contribution in [2.24, 2.45) is 0 Å². The number of fused-ring (bicyclic) bond motifs is 1. The number of carbonyl (C=O) groups excluding carboxylic acids is 1. The summed E-state index contributed by atoms with van der Waals surface area (Å²) in [4.78, 5) is 21.7. The average molecular weight is 325 g/mol. The molecule has 5 heteroatoms. The third kappa shape index (κ3) is 3.02. The molecule has 1 saturated heterocycles. The van der Waals surface area contributed by atoms with E-state index in [1.807, 2.05) is 35.2 Å². The SMILES string of the molecule is O=C(c1cc2ccccc2[nH]1)N1CCN(Cc2cccs2)CC1. The van der Waals surface area contributed by atoms with Crippen molar-refractivity contribution in [2.75, 3.05) is 26.2 Å². The lowest BCUT2D eigenvalue weighted by Gasteiger charge is -2.34. The summed E-state index contributed by atoms with van der Waals surface area (Å²) < 4.78 is 0. The molecule has 0 spiro atoms. The number of nitrogens with zero attached hydrogens (tertiary/aromatic N) is 2. The Hall–Kier alpha value is -2.11. The fourth-order valence-electron chi connectivity index (χ4n) is 3.09. The van der Waals surface area contributed by atoms with Crippen molar-refractivity contribution in [1.29, 1.82) is 0 Å². The van der Waals surface area contributed by atoms with Crippen LogP contribution in [0.4, 0.5) is 0 Å². The Morgan fingerprint density at radius 2 is 1.91 bits per heavy atom. The average Bonchev–Trinajstić information content (AvgIpc) is 3.24. The number of aromatic amines is 1. The summed E-state index contributed by atoms with van der Waals surface area (Å²) >= 11 is 1.80. The highest BCUT2D eigenvalue weighted by Gasteiger charge is 2.23. The van der Waals surface area contributed by atoms with Crippen LogP contribution in [-0.2, 0) is 6.54 Å². The summed E-state index contributed by atoms with van der Waals surface area (Å²) in [5.41, 5.74) is 1.71. The monoisotopic (exact) mass is 325 g/mol. The highest BCUT2D eigenvalue weighted by Crippen LogP contribution is 2.18. The van der Waals surface area contributed by atoms with Gasteiger partial charge in [0.05, 0.1) is 0 Å². The van der Waals surface area contributed by atoms with Gasteiger partial charge < -0.3 is 9.88 Å². The van der Waals surface area contributed by atoms with Crippen molar-refractivity contribution in [3.63, 3.8) is 0 Å². The van der Waals surface area contributed by atoms with E-state index in [-0.39, 0.29) is 5.91 Å². The molecule has 1 fully saturated rings.